The highest BCUT2D eigenvalue weighted by Crippen LogP contribution is 2.52. The lowest BCUT2D eigenvalue weighted by Crippen LogP contribution is -2.43. The molecule has 0 bridgehead atoms. The molecule has 0 aliphatic carbocycles. The van der Waals surface area contributed by atoms with Crippen LogP contribution < -0.4 is 33.2 Å². The molecule has 18 nitrogen and oxygen atoms in total. The van der Waals surface area contributed by atoms with E-state index in [-0.39, 0.29) is 89.9 Å². The Kier molecular flexibility index (Phi) is 11.4. The molecule has 9 rings (SSSR count). The number of hydrogen-bond acceptors (Lipinski definition) is 16. The highest BCUT2D eigenvalue weighted by Gasteiger charge is 2.47. The molecule has 0 spiro atoms. The van der Waals surface area contributed by atoms with E-state index in [1.54, 1.807) is 82.3 Å². The minimum atomic E-state index is -0.754. The first-order valence-corrected chi connectivity index (χ1v) is 20.3. The number of ketones is 2. The Balaban J connectivity index is 0.000000177. The number of nitrogens with zero attached hydrogens (tertiary/aromatic N) is 2. The van der Waals surface area contributed by atoms with E-state index in [0.717, 1.165) is 0 Å². The van der Waals surface area contributed by atoms with Crippen LogP contribution in [0.2, 0.25) is 0 Å². The molecule has 0 fully saturated rings. The molecule has 0 radical (unpaired) electrons. The smallest absolute Gasteiger partial charge is 0.312 e. The molecule has 5 aliphatic rings. The van der Waals surface area contributed by atoms with Crippen molar-refractivity contribution in [2.75, 3.05) is 27.4 Å². The van der Waals surface area contributed by atoms with E-state index in [9.17, 15) is 45.1 Å². The van der Waals surface area contributed by atoms with E-state index < -0.39 is 38.9 Å². The number of aliphatic hydroxyl groups is 3. The second kappa shape index (κ2) is 16.7. The highest BCUT2D eigenvalue weighted by molar-refractivity contribution is 6.15. The third-order valence-corrected chi connectivity index (χ3v) is 11.6. The molecule has 0 aromatic heterocycles. The molecule has 5 heterocycles. The highest BCUT2D eigenvalue weighted by atomic mass is 16.6. The molecule has 3 N–H and O–H groups in total. The maximum atomic E-state index is 13.6. The van der Waals surface area contributed by atoms with Gasteiger partial charge in [-0.05, 0) is 93.5 Å². The summed E-state index contributed by atoms with van der Waals surface area (Å²) in [5.41, 5.74) is 1.68. The summed E-state index contributed by atoms with van der Waals surface area (Å²) in [7, 11) is 2.86. The first-order chi connectivity index (χ1) is 30.9. The number of ether oxygens (including phenoxy) is 7. The lowest BCUT2D eigenvalue weighted by Gasteiger charge is -2.38. The van der Waals surface area contributed by atoms with Crippen molar-refractivity contribution >= 4 is 41.2 Å². The Morgan fingerprint density at radius 1 is 0.769 bits per heavy atom. The van der Waals surface area contributed by atoms with Crippen LogP contribution in [0.1, 0.15) is 93.3 Å². The average Bonchev–Trinajstić information content (AvgIpc) is 3.28. The Bertz CT molecular complexity index is 2800. The van der Waals surface area contributed by atoms with Gasteiger partial charge in [0.25, 0.3) is 0 Å². The molecule has 65 heavy (non-hydrogen) atoms. The van der Waals surface area contributed by atoms with Crippen molar-refractivity contribution in [3.8, 4) is 40.2 Å². The van der Waals surface area contributed by atoms with Gasteiger partial charge in [0.15, 0.2) is 11.6 Å². The molecule has 2 atom stereocenters. The molecule has 2 unspecified atom stereocenters. The summed E-state index contributed by atoms with van der Waals surface area (Å²) < 4.78 is 40.3. The third kappa shape index (κ3) is 7.89. The predicted octanol–water partition coefficient (Wildman–Crippen LogP) is 6.83. The largest absolute Gasteiger partial charge is 0.496 e. The van der Waals surface area contributed by atoms with Crippen molar-refractivity contribution < 1.29 is 67.9 Å². The van der Waals surface area contributed by atoms with Crippen LogP contribution in [0.25, 0.3) is 18.2 Å². The molecular formula is C47H44N2O16. The number of methoxy groups -OCH3 is 2. The first kappa shape index (κ1) is 44.3. The molecule has 338 valence electrons. The van der Waals surface area contributed by atoms with Gasteiger partial charge in [0.05, 0.1) is 72.1 Å². The van der Waals surface area contributed by atoms with E-state index in [1.165, 1.54) is 26.4 Å². The molecule has 4 aromatic rings. The van der Waals surface area contributed by atoms with Crippen LogP contribution in [-0.2, 0) is 19.8 Å². The zero-order valence-corrected chi connectivity index (χ0v) is 36.1. The van der Waals surface area contributed by atoms with Crippen LogP contribution in [0.3, 0.4) is 0 Å². The summed E-state index contributed by atoms with van der Waals surface area (Å²) in [4.78, 5) is 49.5. The fourth-order valence-electron chi connectivity index (χ4n) is 8.36. The Hall–Kier alpha value is -7.28. The average molecular weight is 893 g/mol. The number of hydrogen-bond donors (Lipinski definition) is 3. The van der Waals surface area contributed by atoms with Crippen molar-refractivity contribution in [1.29, 1.82) is 0 Å². The quantitative estimate of drug-likeness (QED) is 0.0885. The van der Waals surface area contributed by atoms with Gasteiger partial charge < -0.3 is 48.5 Å². The minimum absolute atomic E-state index is 0.0172. The van der Waals surface area contributed by atoms with Crippen LogP contribution in [-0.4, -0.2) is 81.5 Å². The Labute approximate surface area is 371 Å². The number of Topliss-reactive ketones (excluding diaryl/α,β-unsaturated/α-hetero) is 2. The van der Waals surface area contributed by atoms with Gasteiger partial charge in [-0.1, -0.05) is 0 Å². The van der Waals surface area contributed by atoms with Gasteiger partial charge in [-0.25, -0.2) is 0 Å². The van der Waals surface area contributed by atoms with Gasteiger partial charge in [-0.15, -0.1) is 0 Å². The molecule has 0 saturated heterocycles. The Morgan fingerprint density at radius 2 is 1.37 bits per heavy atom. The maximum Gasteiger partial charge on any atom is 0.312 e. The number of fused-ring (bicyclic) bond motifs is 8. The topological polar surface area (TPSA) is 246 Å². The third-order valence-electron chi connectivity index (χ3n) is 11.6. The van der Waals surface area contributed by atoms with Gasteiger partial charge in [0.2, 0.25) is 11.5 Å². The molecule has 5 aliphatic heterocycles. The van der Waals surface area contributed by atoms with Crippen molar-refractivity contribution in [1.82, 2.24) is 0 Å². The predicted molar refractivity (Wildman–Crippen MR) is 232 cm³/mol. The minimum Gasteiger partial charge on any atom is -0.496 e. The normalized spacial score (nSPS) is 18.5. The zero-order chi connectivity index (χ0) is 46.7. The van der Waals surface area contributed by atoms with Crippen molar-refractivity contribution in [3.05, 3.63) is 124 Å². The van der Waals surface area contributed by atoms with E-state index in [1.807, 2.05) is 0 Å². The Morgan fingerprint density at radius 3 is 1.98 bits per heavy atom. The first-order valence-electron chi connectivity index (χ1n) is 20.3. The van der Waals surface area contributed by atoms with Gasteiger partial charge in [0.1, 0.15) is 59.3 Å². The van der Waals surface area contributed by atoms with Crippen LogP contribution in [0.4, 0.5) is 11.4 Å². The summed E-state index contributed by atoms with van der Waals surface area (Å²) >= 11 is 0. The van der Waals surface area contributed by atoms with E-state index >= 15 is 0 Å². The van der Waals surface area contributed by atoms with Gasteiger partial charge in [-0.2, -0.15) is 0 Å². The fourth-order valence-corrected chi connectivity index (χ4v) is 8.36. The summed E-state index contributed by atoms with van der Waals surface area (Å²) in [5, 5.41) is 52.2. The number of nitro benzene ring substituents is 2. The van der Waals surface area contributed by atoms with E-state index in [2.05, 4.69) is 0 Å². The van der Waals surface area contributed by atoms with Crippen molar-refractivity contribution in [2.24, 2.45) is 0 Å². The molecular weight excluding hydrogens is 849 g/mol. The zero-order valence-electron chi connectivity index (χ0n) is 36.1. The molecule has 18 heteroatoms. The lowest BCUT2D eigenvalue weighted by atomic mass is 9.80. The summed E-state index contributed by atoms with van der Waals surface area (Å²) in [6.45, 7) is 6.37. The molecule has 0 amide bonds. The van der Waals surface area contributed by atoms with Crippen LogP contribution in [0.15, 0.2) is 54.1 Å². The van der Waals surface area contributed by atoms with Gasteiger partial charge in [0, 0.05) is 34.4 Å². The maximum absolute atomic E-state index is 13.6. The number of rotatable bonds is 9. The van der Waals surface area contributed by atoms with Crippen LogP contribution >= 0.6 is 0 Å². The summed E-state index contributed by atoms with van der Waals surface area (Å²) in [6, 6.07) is 8.95. The van der Waals surface area contributed by atoms with Crippen molar-refractivity contribution in [2.45, 2.75) is 70.7 Å². The fraction of sp³-hybridized carbons (Fsp3) is 0.319. The van der Waals surface area contributed by atoms with Gasteiger partial charge >= 0.3 is 11.4 Å². The van der Waals surface area contributed by atoms with Crippen molar-refractivity contribution in [3.63, 3.8) is 0 Å². The van der Waals surface area contributed by atoms with E-state index in [4.69, 9.17) is 33.2 Å². The number of benzene rings is 4. The lowest BCUT2D eigenvalue weighted by molar-refractivity contribution is -0.386. The second-order valence-electron chi connectivity index (χ2n) is 16.8. The second-order valence-corrected chi connectivity index (χ2v) is 16.8. The number of aliphatic hydroxyl groups excluding tert-OH is 3. The monoisotopic (exact) mass is 892 g/mol. The molecule has 4 aromatic carbocycles. The number of nitro groups is 2. The standard InChI is InChI=1S/C24H23NO8.C23H21NO8/c1-24(2)5-4-17-22(31-3)18(9-19(25(29)30)23(17)33-24)21(28)16-7-13-6-14(10-26)15(11-27)8-20(13)32-12-16;1-23(2)5-4-12-21-14(7-15(24(27)28)22(12)32-23)20(26)19-13-8-16(29-3)11(9-25)6-17(13)30-10-18(19)31-21/h4-9,26-27H,10-12H2,1-3H3;4-8,18-19,25H,9-10H2,1-3H3. The number of carbonyl (C=O) groups is 2. The molecule has 0 saturated carbocycles. The van der Waals surface area contributed by atoms with Crippen LogP contribution in [0.5, 0.6) is 40.2 Å². The summed E-state index contributed by atoms with van der Waals surface area (Å²) in [5.74, 6) is 0.383. The van der Waals surface area contributed by atoms with Gasteiger partial charge in [-0.3, -0.25) is 29.8 Å². The summed E-state index contributed by atoms with van der Waals surface area (Å²) in [6.07, 6.45) is 7.86. The SMILES string of the molecule is COc1c(C(=O)C2=Cc3cc(CO)c(CO)cc3OC2)cc([N+](=O)[O-])c2c1C=CC(C)(C)O2.COc1cc2c(cc1CO)OCC1Oc3c(cc([N+](=O)[O-])c4c3C=CC(C)(C)O4)C(=O)C21. The van der Waals surface area contributed by atoms with E-state index in [0.29, 0.717) is 56.2 Å². The van der Waals surface area contributed by atoms with Crippen LogP contribution in [0, 0.1) is 20.2 Å². The number of carbonyl (C=O) groups excluding carboxylic acids is 2.